The summed E-state index contributed by atoms with van der Waals surface area (Å²) in [6, 6.07) is 11.3. The van der Waals surface area contributed by atoms with Gasteiger partial charge in [0.2, 0.25) is 0 Å². The van der Waals surface area contributed by atoms with E-state index in [4.69, 9.17) is 4.98 Å². The number of anilines is 1. The molecule has 0 saturated heterocycles. The number of pyridine rings is 2. The number of hydrogen-bond donors (Lipinski definition) is 1. The van der Waals surface area contributed by atoms with Gasteiger partial charge in [0.25, 0.3) is 5.91 Å². The lowest BCUT2D eigenvalue weighted by Crippen LogP contribution is -2.14. The van der Waals surface area contributed by atoms with E-state index in [1.165, 1.54) is 0 Å². The van der Waals surface area contributed by atoms with Crippen LogP contribution in [0.4, 0.5) is 5.69 Å². The van der Waals surface area contributed by atoms with Gasteiger partial charge in [-0.1, -0.05) is 6.07 Å². The fourth-order valence-electron chi connectivity index (χ4n) is 3.33. The van der Waals surface area contributed by atoms with Crippen molar-refractivity contribution in [3.63, 3.8) is 0 Å². The predicted octanol–water partition coefficient (Wildman–Crippen LogP) is 4.57. The Labute approximate surface area is 182 Å². The number of nitrogens with one attached hydrogen (secondary N) is 1. The van der Waals surface area contributed by atoms with Crippen LogP contribution in [0.3, 0.4) is 0 Å². The molecule has 0 radical (unpaired) electrons. The normalized spacial score (nSPS) is 11.3. The summed E-state index contributed by atoms with van der Waals surface area (Å²) < 4.78 is 3.50. The Kier molecular flexibility index (Phi) is 4.79. The minimum absolute atomic E-state index is 0.124. The number of amides is 1. The molecule has 0 unspecified atom stereocenters. The van der Waals surface area contributed by atoms with Crippen molar-refractivity contribution in [2.24, 2.45) is 0 Å². The maximum absolute atomic E-state index is 13.2. The van der Waals surface area contributed by atoms with Crippen molar-refractivity contribution in [2.75, 3.05) is 5.32 Å². The molecule has 0 aliphatic rings. The van der Waals surface area contributed by atoms with Gasteiger partial charge in [0.15, 0.2) is 11.5 Å². The Morgan fingerprint density at radius 2 is 2.03 bits per heavy atom. The van der Waals surface area contributed by atoms with Crippen LogP contribution in [-0.2, 0) is 0 Å². The molecule has 0 aliphatic heterocycles. The molecule has 154 valence electrons. The third-order valence-electron chi connectivity index (χ3n) is 4.82. The third-order valence-corrected chi connectivity index (χ3v) is 5.71. The first-order valence-electron chi connectivity index (χ1n) is 9.80. The third kappa shape index (κ3) is 3.59. The summed E-state index contributed by atoms with van der Waals surface area (Å²) in [6.07, 6.45) is 6.82. The average Bonchev–Trinajstić information content (AvgIpc) is 3.55. The number of thiophene rings is 1. The highest BCUT2D eigenvalue weighted by Gasteiger charge is 2.19. The minimum Gasteiger partial charge on any atom is -0.321 e. The molecule has 5 aromatic heterocycles. The molecule has 9 heteroatoms. The Balaban J connectivity index is 1.52. The maximum atomic E-state index is 13.2. The van der Waals surface area contributed by atoms with E-state index in [0.717, 1.165) is 10.6 Å². The molecule has 0 fully saturated rings. The van der Waals surface area contributed by atoms with Gasteiger partial charge < -0.3 is 5.32 Å². The van der Waals surface area contributed by atoms with Crippen LogP contribution in [0, 0.1) is 0 Å². The molecule has 0 saturated carbocycles. The topological polar surface area (TPSA) is 90.5 Å². The highest BCUT2D eigenvalue weighted by molar-refractivity contribution is 7.13. The minimum atomic E-state index is -0.234. The number of rotatable bonds is 5. The van der Waals surface area contributed by atoms with Gasteiger partial charge in [0, 0.05) is 18.4 Å². The van der Waals surface area contributed by atoms with Crippen LogP contribution in [0.15, 0.2) is 66.6 Å². The van der Waals surface area contributed by atoms with E-state index in [0.29, 0.717) is 28.1 Å². The van der Waals surface area contributed by atoms with Crippen LogP contribution in [0.1, 0.15) is 30.2 Å². The van der Waals surface area contributed by atoms with Gasteiger partial charge in [-0.2, -0.15) is 10.2 Å². The number of carbonyl (C=O) groups excluding carboxylic acids is 1. The molecule has 8 nitrogen and oxygen atoms in total. The maximum Gasteiger partial charge on any atom is 0.256 e. The van der Waals surface area contributed by atoms with Crippen molar-refractivity contribution >= 4 is 34.0 Å². The molecule has 0 atom stereocenters. The van der Waals surface area contributed by atoms with E-state index in [9.17, 15) is 4.79 Å². The lowest BCUT2D eigenvalue weighted by Gasteiger charge is -2.10. The van der Waals surface area contributed by atoms with Crippen LogP contribution < -0.4 is 5.32 Å². The van der Waals surface area contributed by atoms with E-state index < -0.39 is 0 Å². The largest absolute Gasteiger partial charge is 0.321 e. The van der Waals surface area contributed by atoms with Gasteiger partial charge in [0.05, 0.1) is 39.6 Å². The predicted molar refractivity (Wildman–Crippen MR) is 121 cm³/mol. The molecular weight excluding hydrogens is 410 g/mol. The number of carbonyl (C=O) groups is 1. The number of hydrogen-bond acceptors (Lipinski definition) is 6. The zero-order chi connectivity index (χ0) is 21.4. The summed E-state index contributed by atoms with van der Waals surface area (Å²) in [4.78, 5) is 23.4. The molecule has 0 bridgehead atoms. The summed E-state index contributed by atoms with van der Waals surface area (Å²) in [7, 11) is 0. The quantitative estimate of drug-likeness (QED) is 0.442. The highest BCUT2D eigenvalue weighted by atomic mass is 32.1. The van der Waals surface area contributed by atoms with Gasteiger partial charge in [0.1, 0.15) is 0 Å². The lowest BCUT2D eigenvalue weighted by molar-refractivity contribution is 0.102. The molecule has 5 aromatic rings. The van der Waals surface area contributed by atoms with Gasteiger partial charge >= 0.3 is 0 Å². The van der Waals surface area contributed by atoms with Crippen LogP contribution in [0.5, 0.6) is 0 Å². The Bertz CT molecular complexity index is 1340. The van der Waals surface area contributed by atoms with Crippen LogP contribution in [-0.4, -0.2) is 35.4 Å². The van der Waals surface area contributed by atoms with E-state index in [1.807, 2.05) is 54.4 Å². The monoisotopic (exact) mass is 429 g/mol. The van der Waals surface area contributed by atoms with Crippen LogP contribution >= 0.6 is 11.3 Å². The zero-order valence-electron chi connectivity index (χ0n) is 16.9. The number of aromatic nitrogens is 6. The van der Waals surface area contributed by atoms with Crippen molar-refractivity contribution in [1.29, 1.82) is 0 Å². The van der Waals surface area contributed by atoms with Crippen LogP contribution in [0.2, 0.25) is 0 Å². The average molecular weight is 430 g/mol. The first-order chi connectivity index (χ1) is 15.1. The molecule has 31 heavy (non-hydrogen) atoms. The van der Waals surface area contributed by atoms with Gasteiger partial charge in [-0.3, -0.25) is 4.79 Å². The van der Waals surface area contributed by atoms with Crippen molar-refractivity contribution in [3.8, 4) is 16.4 Å². The van der Waals surface area contributed by atoms with Crippen molar-refractivity contribution in [2.45, 2.75) is 19.9 Å². The van der Waals surface area contributed by atoms with Crippen LogP contribution in [0.25, 0.3) is 27.4 Å². The smallest absolute Gasteiger partial charge is 0.256 e. The molecule has 0 aliphatic carbocycles. The van der Waals surface area contributed by atoms with E-state index in [2.05, 4.69) is 20.5 Å². The Morgan fingerprint density at radius 3 is 2.71 bits per heavy atom. The number of nitrogens with zero attached hydrogens (tertiary/aromatic N) is 6. The SMILES string of the molecule is CC(C)n1ncc2c(C(=O)Nc3ccc(-n4cccn4)nc3)cc(-c3cccs3)nc21. The Hall–Kier alpha value is -3.85. The van der Waals surface area contributed by atoms with Gasteiger partial charge in [-0.15, -0.1) is 11.3 Å². The summed E-state index contributed by atoms with van der Waals surface area (Å²) >= 11 is 1.58. The van der Waals surface area contributed by atoms with E-state index >= 15 is 0 Å². The van der Waals surface area contributed by atoms with Crippen molar-refractivity contribution < 1.29 is 4.79 Å². The molecule has 0 aromatic carbocycles. The molecular formula is C22H19N7OS. The standard InChI is InChI=1S/C22H19N7OS/c1-14(2)29-21-17(13-25-29)16(11-18(27-21)19-5-3-10-31-19)22(30)26-15-6-7-20(23-12-15)28-9-4-8-24-28/h3-14H,1-2H3,(H,26,30). The van der Waals surface area contributed by atoms with Crippen molar-refractivity contribution in [3.05, 3.63) is 72.1 Å². The van der Waals surface area contributed by atoms with Gasteiger partial charge in [-0.25, -0.2) is 19.3 Å². The molecule has 1 amide bonds. The summed E-state index contributed by atoms with van der Waals surface area (Å²) in [6.45, 7) is 4.08. The molecule has 1 N–H and O–H groups in total. The molecule has 5 rings (SSSR count). The zero-order valence-corrected chi connectivity index (χ0v) is 17.7. The second-order valence-corrected chi connectivity index (χ2v) is 8.21. The summed E-state index contributed by atoms with van der Waals surface area (Å²) in [5.74, 6) is 0.439. The summed E-state index contributed by atoms with van der Waals surface area (Å²) in [5.41, 5.74) is 2.57. The van der Waals surface area contributed by atoms with Crippen molar-refractivity contribution in [1.82, 2.24) is 29.5 Å². The first-order valence-corrected chi connectivity index (χ1v) is 10.7. The molecule has 0 spiro atoms. The summed E-state index contributed by atoms with van der Waals surface area (Å²) in [5, 5.41) is 14.3. The first kappa shape index (κ1) is 19.1. The second kappa shape index (κ2) is 7.77. The number of fused-ring (bicyclic) bond motifs is 1. The fourth-order valence-corrected chi connectivity index (χ4v) is 4.02. The fraction of sp³-hybridized carbons (Fsp3) is 0.136. The lowest BCUT2D eigenvalue weighted by atomic mass is 10.1. The van der Waals surface area contributed by atoms with E-state index in [-0.39, 0.29) is 11.9 Å². The Morgan fingerprint density at radius 1 is 1.13 bits per heavy atom. The highest BCUT2D eigenvalue weighted by Crippen LogP contribution is 2.29. The van der Waals surface area contributed by atoms with E-state index in [1.54, 1.807) is 46.7 Å². The second-order valence-electron chi connectivity index (χ2n) is 7.26. The van der Waals surface area contributed by atoms with Gasteiger partial charge in [-0.05, 0) is 49.6 Å². The molecule has 5 heterocycles.